The van der Waals surface area contributed by atoms with E-state index < -0.39 is 0 Å². The fourth-order valence-corrected chi connectivity index (χ4v) is 2.02. The third kappa shape index (κ3) is 6.25. The van der Waals surface area contributed by atoms with Crippen LogP contribution in [0.5, 0.6) is 5.75 Å². The molecule has 0 aromatic heterocycles. The first kappa shape index (κ1) is 17.6. The van der Waals surface area contributed by atoms with Crippen LogP contribution in [0.3, 0.4) is 0 Å². The quantitative estimate of drug-likeness (QED) is 0.539. The Hall–Kier alpha value is -1.42. The van der Waals surface area contributed by atoms with Crippen molar-refractivity contribution in [3.05, 3.63) is 18.2 Å². The Bertz CT molecular complexity index is 418. The highest BCUT2D eigenvalue weighted by Crippen LogP contribution is 2.30. The van der Waals surface area contributed by atoms with Crippen molar-refractivity contribution in [3.63, 3.8) is 0 Å². The highest BCUT2D eigenvalue weighted by molar-refractivity contribution is 5.72. The fourth-order valence-electron chi connectivity index (χ4n) is 2.02. The molecule has 3 N–H and O–H groups in total. The lowest BCUT2D eigenvalue weighted by Gasteiger charge is -2.21. The van der Waals surface area contributed by atoms with Crippen LogP contribution in [0.2, 0.25) is 0 Å². The molecule has 0 saturated heterocycles. The molecule has 1 aromatic carbocycles. The molecule has 0 saturated carbocycles. The zero-order valence-electron chi connectivity index (χ0n) is 14.1. The molecule has 0 aliphatic carbocycles. The molecule has 21 heavy (non-hydrogen) atoms. The second-order valence-electron chi connectivity index (χ2n) is 6.09. The smallest absolute Gasteiger partial charge is 0.144 e. The van der Waals surface area contributed by atoms with E-state index in [4.69, 9.17) is 10.5 Å². The topological polar surface area (TPSA) is 50.5 Å². The second kappa shape index (κ2) is 8.78. The number of nitrogens with one attached hydrogen (secondary N) is 1. The van der Waals surface area contributed by atoms with E-state index in [0.29, 0.717) is 11.7 Å². The van der Waals surface area contributed by atoms with Gasteiger partial charge < -0.3 is 20.7 Å². The average Bonchev–Trinajstić information content (AvgIpc) is 2.41. The molecule has 0 radical (unpaired) electrons. The molecule has 4 nitrogen and oxygen atoms in total. The summed E-state index contributed by atoms with van der Waals surface area (Å²) in [5.74, 6) is 0.759. The summed E-state index contributed by atoms with van der Waals surface area (Å²) in [7, 11) is 2.17. The van der Waals surface area contributed by atoms with E-state index in [1.54, 1.807) is 0 Å². The Morgan fingerprint density at radius 1 is 1.19 bits per heavy atom. The van der Waals surface area contributed by atoms with Gasteiger partial charge in [-0.3, -0.25) is 0 Å². The number of para-hydroxylation sites is 1. The Kier molecular flexibility index (Phi) is 7.37. The number of benzene rings is 1. The maximum atomic E-state index is 6.14. The number of anilines is 2. The lowest BCUT2D eigenvalue weighted by Crippen LogP contribution is -2.27. The SMILES string of the molecule is CC(C)Oc1cccc(NCCCCN(C)C(C)C)c1N. The van der Waals surface area contributed by atoms with Gasteiger partial charge in [0.1, 0.15) is 5.75 Å². The van der Waals surface area contributed by atoms with Gasteiger partial charge in [0.2, 0.25) is 0 Å². The lowest BCUT2D eigenvalue weighted by molar-refractivity contribution is 0.244. The number of nitrogens with two attached hydrogens (primary N) is 1. The standard InChI is InChI=1S/C17H31N3O/c1-13(2)20(5)12-7-6-11-19-15-9-8-10-16(17(15)18)21-14(3)4/h8-10,13-14,19H,6-7,11-12,18H2,1-5H3. The van der Waals surface area contributed by atoms with Crippen LogP contribution in [-0.4, -0.2) is 37.2 Å². The van der Waals surface area contributed by atoms with Crippen molar-refractivity contribution < 1.29 is 4.74 Å². The number of nitrogen functional groups attached to an aromatic ring is 1. The number of rotatable bonds is 9. The van der Waals surface area contributed by atoms with E-state index >= 15 is 0 Å². The van der Waals surface area contributed by atoms with Crippen LogP contribution in [0.4, 0.5) is 11.4 Å². The molecule has 0 aliphatic rings. The minimum absolute atomic E-state index is 0.133. The number of hydrogen-bond acceptors (Lipinski definition) is 4. The van der Waals surface area contributed by atoms with Crippen molar-refractivity contribution >= 4 is 11.4 Å². The first-order valence-electron chi connectivity index (χ1n) is 7.91. The highest BCUT2D eigenvalue weighted by atomic mass is 16.5. The summed E-state index contributed by atoms with van der Waals surface area (Å²) < 4.78 is 5.70. The fraction of sp³-hybridized carbons (Fsp3) is 0.647. The van der Waals surface area contributed by atoms with E-state index in [9.17, 15) is 0 Å². The molecule has 0 unspecified atom stereocenters. The van der Waals surface area contributed by atoms with Gasteiger partial charge in [-0.2, -0.15) is 0 Å². The Morgan fingerprint density at radius 2 is 1.90 bits per heavy atom. The van der Waals surface area contributed by atoms with E-state index in [-0.39, 0.29) is 6.10 Å². The van der Waals surface area contributed by atoms with Gasteiger partial charge in [0, 0.05) is 12.6 Å². The van der Waals surface area contributed by atoms with Gasteiger partial charge in [0.15, 0.2) is 0 Å². The molecule has 0 spiro atoms. The summed E-state index contributed by atoms with van der Waals surface area (Å²) in [6.07, 6.45) is 2.45. The van der Waals surface area contributed by atoms with Crippen molar-refractivity contribution in [2.75, 3.05) is 31.2 Å². The maximum absolute atomic E-state index is 6.14. The summed E-state index contributed by atoms with van der Waals surface area (Å²) in [5.41, 5.74) is 7.80. The van der Waals surface area contributed by atoms with Crippen LogP contribution in [0.15, 0.2) is 18.2 Å². The number of hydrogen-bond donors (Lipinski definition) is 2. The van der Waals surface area contributed by atoms with E-state index in [2.05, 4.69) is 31.1 Å². The van der Waals surface area contributed by atoms with Crippen LogP contribution in [0, 0.1) is 0 Å². The molecule has 0 amide bonds. The second-order valence-corrected chi connectivity index (χ2v) is 6.09. The van der Waals surface area contributed by atoms with Crippen LogP contribution in [0.1, 0.15) is 40.5 Å². The summed E-state index contributed by atoms with van der Waals surface area (Å²) in [6.45, 7) is 10.5. The largest absolute Gasteiger partial charge is 0.489 e. The third-order valence-electron chi connectivity index (χ3n) is 3.56. The molecule has 1 aromatic rings. The number of nitrogens with zero attached hydrogens (tertiary/aromatic N) is 1. The van der Waals surface area contributed by atoms with Crippen LogP contribution < -0.4 is 15.8 Å². The Morgan fingerprint density at radius 3 is 2.52 bits per heavy atom. The molecular weight excluding hydrogens is 262 g/mol. The van der Waals surface area contributed by atoms with Crippen molar-refractivity contribution in [1.82, 2.24) is 4.90 Å². The van der Waals surface area contributed by atoms with Crippen LogP contribution in [-0.2, 0) is 0 Å². The average molecular weight is 293 g/mol. The summed E-state index contributed by atoms with van der Waals surface area (Å²) in [5, 5.41) is 3.41. The molecule has 0 heterocycles. The van der Waals surface area contributed by atoms with Gasteiger partial charge in [-0.25, -0.2) is 0 Å². The first-order chi connectivity index (χ1) is 9.91. The van der Waals surface area contributed by atoms with E-state index in [1.807, 2.05) is 32.0 Å². The molecule has 0 bridgehead atoms. The van der Waals surface area contributed by atoms with Gasteiger partial charge in [-0.1, -0.05) is 6.07 Å². The van der Waals surface area contributed by atoms with Crippen molar-refractivity contribution in [2.24, 2.45) is 0 Å². The molecule has 120 valence electrons. The summed E-state index contributed by atoms with van der Waals surface area (Å²) in [6, 6.07) is 6.50. The first-order valence-corrected chi connectivity index (χ1v) is 7.91. The summed E-state index contributed by atoms with van der Waals surface area (Å²) in [4.78, 5) is 2.37. The molecule has 0 fully saturated rings. The monoisotopic (exact) mass is 293 g/mol. The van der Waals surface area contributed by atoms with E-state index in [1.165, 1.54) is 6.42 Å². The highest BCUT2D eigenvalue weighted by Gasteiger charge is 2.07. The molecule has 0 atom stereocenters. The molecule has 1 rings (SSSR count). The van der Waals surface area contributed by atoms with Crippen LogP contribution in [0.25, 0.3) is 0 Å². The Labute approximate surface area is 129 Å². The van der Waals surface area contributed by atoms with Crippen LogP contribution >= 0.6 is 0 Å². The maximum Gasteiger partial charge on any atom is 0.144 e. The molecule has 4 heteroatoms. The zero-order valence-corrected chi connectivity index (χ0v) is 14.1. The van der Waals surface area contributed by atoms with Crippen molar-refractivity contribution in [3.8, 4) is 5.75 Å². The number of unbranched alkanes of at least 4 members (excludes halogenated alkanes) is 1. The predicted molar refractivity (Wildman–Crippen MR) is 92.1 cm³/mol. The van der Waals surface area contributed by atoms with Gasteiger partial charge >= 0.3 is 0 Å². The Balaban J connectivity index is 2.38. The van der Waals surface area contributed by atoms with Gasteiger partial charge in [-0.15, -0.1) is 0 Å². The van der Waals surface area contributed by atoms with Gasteiger partial charge in [0.05, 0.1) is 17.5 Å². The predicted octanol–water partition coefficient (Wildman–Crippen LogP) is 3.59. The minimum Gasteiger partial charge on any atom is -0.489 e. The van der Waals surface area contributed by atoms with Gasteiger partial charge in [0.25, 0.3) is 0 Å². The third-order valence-corrected chi connectivity index (χ3v) is 3.56. The zero-order chi connectivity index (χ0) is 15.8. The minimum atomic E-state index is 0.133. The molecule has 0 aliphatic heterocycles. The lowest BCUT2D eigenvalue weighted by atomic mass is 10.2. The molecular formula is C17H31N3O. The normalized spacial score (nSPS) is 11.4. The van der Waals surface area contributed by atoms with Gasteiger partial charge in [-0.05, 0) is 66.3 Å². The number of ether oxygens (including phenoxy) is 1. The summed E-state index contributed by atoms with van der Waals surface area (Å²) >= 11 is 0. The van der Waals surface area contributed by atoms with Crippen molar-refractivity contribution in [1.29, 1.82) is 0 Å². The van der Waals surface area contributed by atoms with E-state index in [0.717, 1.165) is 30.9 Å². The van der Waals surface area contributed by atoms with Crippen molar-refractivity contribution in [2.45, 2.75) is 52.7 Å².